The van der Waals surface area contributed by atoms with Crippen molar-refractivity contribution in [2.24, 2.45) is 0 Å². The zero-order valence-electron chi connectivity index (χ0n) is 12.6. The smallest absolute Gasteiger partial charge is 0.331 e. The Morgan fingerprint density at radius 2 is 1.81 bits per heavy atom. The molecule has 0 spiro atoms. The Morgan fingerprint density at radius 3 is 2.38 bits per heavy atom. The van der Waals surface area contributed by atoms with E-state index in [1.807, 2.05) is 18.2 Å². The van der Waals surface area contributed by atoms with Gasteiger partial charge in [-0.15, -0.1) is 0 Å². The first-order valence-electron chi connectivity index (χ1n) is 7.23. The van der Waals surface area contributed by atoms with Gasteiger partial charge in [0, 0.05) is 32.8 Å². The van der Waals surface area contributed by atoms with Gasteiger partial charge in [-0.25, -0.2) is 0 Å². The molecule has 0 saturated carbocycles. The van der Waals surface area contributed by atoms with Crippen molar-refractivity contribution < 1.29 is 18.7 Å². The monoisotopic (exact) mass is 313 g/mol. The number of hydrogen-bond acceptors (Lipinski definition) is 5. The van der Waals surface area contributed by atoms with Crippen LogP contribution in [0, 0.1) is 0 Å². The fraction of sp³-hybridized carbons (Fsp3) is 0.600. The first kappa shape index (κ1) is 16.7. The van der Waals surface area contributed by atoms with E-state index in [1.165, 1.54) is 19.8 Å². The molecule has 0 aromatic heterocycles. The molecular formula is C15H24NO4P. The Hall–Kier alpha value is -0.710. The summed E-state index contributed by atoms with van der Waals surface area (Å²) >= 11 is 0. The number of rotatable bonds is 7. The van der Waals surface area contributed by atoms with Crippen molar-refractivity contribution in [3.05, 3.63) is 35.9 Å². The lowest BCUT2D eigenvalue weighted by atomic mass is 10.2. The Balaban J connectivity index is 2.11. The van der Waals surface area contributed by atoms with Gasteiger partial charge in [-0.3, -0.25) is 9.46 Å². The summed E-state index contributed by atoms with van der Waals surface area (Å²) in [6, 6.07) is 10.3. The zero-order chi connectivity index (χ0) is 15.3. The van der Waals surface area contributed by atoms with Gasteiger partial charge in [-0.05, 0) is 18.4 Å². The molecule has 21 heavy (non-hydrogen) atoms. The molecular weight excluding hydrogens is 289 g/mol. The highest BCUT2D eigenvalue weighted by atomic mass is 31.2. The molecule has 1 aliphatic rings. The highest BCUT2D eigenvalue weighted by molar-refractivity contribution is 7.53. The van der Waals surface area contributed by atoms with E-state index in [0.29, 0.717) is 6.16 Å². The molecule has 0 bridgehead atoms. The minimum absolute atomic E-state index is 0.105. The second-order valence-corrected chi connectivity index (χ2v) is 7.70. The average molecular weight is 313 g/mol. The topological polar surface area (TPSA) is 59.0 Å². The van der Waals surface area contributed by atoms with Gasteiger partial charge in [0.2, 0.25) is 0 Å². The quantitative estimate of drug-likeness (QED) is 0.784. The molecule has 0 amide bonds. The largest absolute Gasteiger partial charge is 0.395 e. The maximum Gasteiger partial charge on any atom is 0.331 e. The lowest BCUT2D eigenvalue weighted by molar-refractivity contribution is 0.125. The third-order valence-electron chi connectivity index (χ3n) is 4.18. The molecule has 1 aliphatic heterocycles. The van der Waals surface area contributed by atoms with Crippen molar-refractivity contribution in [3.63, 3.8) is 0 Å². The Morgan fingerprint density at radius 1 is 1.19 bits per heavy atom. The van der Waals surface area contributed by atoms with Gasteiger partial charge in [-0.2, -0.15) is 0 Å². The number of nitrogens with zero attached hydrogens (tertiary/aromatic N) is 1. The number of aliphatic hydroxyl groups excluding tert-OH is 1. The summed E-state index contributed by atoms with van der Waals surface area (Å²) in [6.45, 7) is 0.859. The minimum atomic E-state index is -3.03. The maximum absolute atomic E-state index is 12.4. The first-order chi connectivity index (χ1) is 10.1. The van der Waals surface area contributed by atoms with Crippen molar-refractivity contribution in [1.82, 2.24) is 4.90 Å². The summed E-state index contributed by atoms with van der Waals surface area (Å²) in [5, 5.41) is 9.57. The van der Waals surface area contributed by atoms with Crippen molar-refractivity contribution in [3.8, 4) is 0 Å². The average Bonchev–Trinajstić information content (AvgIpc) is 2.90. The molecule has 1 heterocycles. The molecule has 1 N–H and O–H groups in total. The SMILES string of the molecule is COP(=O)(C[C@H]1CC[C@@H](CO)N1Cc1ccccc1)OC. The third-order valence-corrected chi connectivity index (χ3v) is 6.16. The molecule has 1 aromatic rings. The summed E-state index contributed by atoms with van der Waals surface area (Å²) in [5.74, 6) is 0. The standard InChI is InChI=1S/C15H24NO4P/c1-19-21(18,20-2)12-15-9-8-14(11-17)16(15)10-13-6-4-3-5-7-13/h3-7,14-15,17H,8-12H2,1-2H3/t14-,15+/m0/s1. The number of likely N-dealkylation sites (tertiary alicyclic amines) is 1. The van der Waals surface area contributed by atoms with E-state index in [2.05, 4.69) is 17.0 Å². The van der Waals surface area contributed by atoms with E-state index in [4.69, 9.17) is 9.05 Å². The van der Waals surface area contributed by atoms with Crippen LogP contribution in [-0.2, 0) is 20.2 Å². The molecule has 0 aliphatic carbocycles. The van der Waals surface area contributed by atoms with Crippen LogP contribution in [0.3, 0.4) is 0 Å². The highest BCUT2D eigenvalue weighted by Crippen LogP contribution is 2.49. The van der Waals surface area contributed by atoms with Gasteiger partial charge < -0.3 is 14.2 Å². The highest BCUT2D eigenvalue weighted by Gasteiger charge is 2.38. The van der Waals surface area contributed by atoms with Crippen LogP contribution in [0.4, 0.5) is 0 Å². The van der Waals surface area contributed by atoms with E-state index < -0.39 is 7.60 Å². The Labute approximate surface area is 126 Å². The second-order valence-electron chi connectivity index (χ2n) is 5.38. The summed E-state index contributed by atoms with van der Waals surface area (Å²) < 4.78 is 22.5. The zero-order valence-corrected chi connectivity index (χ0v) is 13.5. The summed E-state index contributed by atoms with van der Waals surface area (Å²) in [7, 11) is -0.191. The third kappa shape index (κ3) is 4.15. The van der Waals surface area contributed by atoms with Gasteiger partial charge in [0.25, 0.3) is 0 Å². The van der Waals surface area contributed by atoms with Crippen LogP contribution in [0.5, 0.6) is 0 Å². The van der Waals surface area contributed by atoms with Gasteiger partial charge in [0.1, 0.15) is 0 Å². The first-order valence-corrected chi connectivity index (χ1v) is 8.95. The molecule has 6 heteroatoms. The molecule has 0 unspecified atom stereocenters. The number of aliphatic hydroxyl groups is 1. The summed E-state index contributed by atoms with van der Waals surface area (Å²) in [4.78, 5) is 2.22. The number of benzene rings is 1. The molecule has 2 rings (SSSR count). The van der Waals surface area contributed by atoms with E-state index >= 15 is 0 Å². The van der Waals surface area contributed by atoms with Gasteiger partial charge in [0.05, 0.1) is 12.8 Å². The minimum Gasteiger partial charge on any atom is -0.395 e. The lowest BCUT2D eigenvalue weighted by Gasteiger charge is -2.30. The summed E-state index contributed by atoms with van der Waals surface area (Å²) in [5.41, 5.74) is 1.19. The lowest BCUT2D eigenvalue weighted by Crippen LogP contribution is -2.39. The second kappa shape index (κ2) is 7.52. The normalized spacial score (nSPS) is 23.6. The van der Waals surface area contributed by atoms with Crippen molar-refractivity contribution in [2.75, 3.05) is 27.0 Å². The maximum atomic E-state index is 12.4. The van der Waals surface area contributed by atoms with Crippen LogP contribution < -0.4 is 0 Å². The molecule has 0 radical (unpaired) electrons. The van der Waals surface area contributed by atoms with E-state index in [1.54, 1.807) is 0 Å². The Bertz CT molecular complexity index is 474. The predicted octanol–water partition coefficient (Wildman–Crippen LogP) is 2.50. The Kier molecular flexibility index (Phi) is 5.97. The van der Waals surface area contributed by atoms with Crippen molar-refractivity contribution in [2.45, 2.75) is 31.5 Å². The van der Waals surface area contributed by atoms with Gasteiger partial charge >= 0.3 is 7.60 Å². The van der Waals surface area contributed by atoms with Crippen LogP contribution in [-0.4, -0.2) is 49.1 Å². The fourth-order valence-corrected chi connectivity index (χ4v) is 4.30. The van der Waals surface area contributed by atoms with Crippen LogP contribution in [0.15, 0.2) is 30.3 Å². The molecule has 2 atom stereocenters. The summed E-state index contributed by atoms with van der Waals surface area (Å²) in [6.07, 6.45) is 2.17. The van der Waals surface area contributed by atoms with Crippen LogP contribution in [0.1, 0.15) is 18.4 Å². The van der Waals surface area contributed by atoms with Crippen LogP contribution >= 0.6 is 7.60 Å². The van der Waals surface area contributed by atoms with E-state index in [0.717, 1.165) is 19.4 Å². The van der Waals surface area contributed by atoms with Crippen LogP contribution in [0.25, 0.3) is 0 Å². The molecule has 1 fully saturated rings. The fourth-order valence-electron chi connectivity index (χ4n) is 2.94. The van der Waals surface area contributed by atoms with Crippen molar-refractivity contribution in [1.29, 1.82) is 0 Å². The molecule has 5 nitrogen and oxygen atoms in total. The molecule has 1 aromatic carbocycles. The van der Waals surface area contributed by atoms with Crippen molar-refractivity contribution >= 4 is 7.60 Å². The molecule has 118 valence electrons. The van der Waals surface area contributed by atoms with Crippen LogP contribution in [0.2, 0.25) is 0 Å². The van der Waals surface area contributed by atoms with E-state index in [9.17, 15) is 9.67 Å². The van der Waals surface area contributed by atoms with E-state index in [-0.39, 0.29) is 18.7 Å². The van der Waals surface area contributed by atoms with Gasteiger partial charge in [0.15, 0.2) is 0 Å². The predicted molar refractivity (Wildman–Crippen MR) is 82.4 cm³/mol. The molecule has 1 saturated heterocycles. The van der Waals surface area contributed by atoms with Gasteiger partial charge in [-0.1, -0.05) is 30.3 Å². The number of hydrogen-bond donors (Lipinski definition) is 1.